The van der Waals surface area contributed by atoms with Crippen LogP contribution in [-0.4, -0.2) is 42.2 Å². The number of sulfonamides is 1. The van der Waals surface area contributed by atoms with E-state index in [0.29, 0.717) is 23.6 Å². The lowest BCUT2D eigenvalue weighted by atomic mass is 10.1. The van der Waals surface area contributed by atoms with Gasteiger partial charge in [-0.15, -0.1) is 0 Å². The quantitative estimate of drug-likeness (QED) is 0.426. The molecule has 0 heterocycles. The highest BCUT2D eigenvalue weighted by molar-refractivity contribution is 7.93. The number of ether oxygens (including phenoxy) is 1. The maximum Gasteiger partial charge on any atom is 0.264 e. The van der Waals surface area contributed by atoms with Crippen molar-refractivity contribution >= 4 is 31.5 Å². The number of sulfone groups is 1. The molecular weight excluding hydrogens is 500 g/mol. The third kappa shape index (κ3) is 6.64. The standard InChI is InChI=1S/C26H30N2O6S2/c1-5-34-23-12-10-22(11-13-23)28(36(32,33)25-14-6-19(2)7-15-25)18-26(29)27-20(3)21-8-16-24(17-9-21)35(4,30)31/h6-17,20H,5,18H2,1-4H3,(H,27,29)/t20-/m0/s1. The second-order valence-electron chi connectivity index (χ2n) is 8.38. The fourth-order valence-corrected chi connectivity index (χ4v) is 5.58. The summed E-state index contributed by atoms with van der Waals surface area (Å²) in [5, 5.41) is 2.80. The Morgan fingerprint density at radius 1 is 0.889 bits per heavy atom. The van der Waals surface area contributed by atoms with Crippen LogP contribution in [0.2, 0.25) is 0 Å². The van der Waals surface area contributed by atoms with Gasteiger partial charge in [0, 0.05) is 6.26 Å². The summed E-state index contributed by atoms with van der Waals surface area (Å²) in [6.07, 6.45) is 1.12. The minimum atomic E-state index is -4.05. The van der Waals surface area contributed by atoms with Gasteiger partial charge in [-0.2, -0.15) is 0 Å². The highest BCUT2D eigenvalue weighted by Gasteiger charge is 2.28. The van der Waals surface area contributed by atoms with Crippen LogP contribution >= 0.6 is 0 Å². The Balaban J connectivity index is 1.86. The third-order valence-corrected chi connectivity index (χ3v) is 8.43. The first-order chi connectivity index (χ1) is 16.9. The van der Waals surface area contributed by atoms with E-state index in [1.165, 1.54) is 24.3 Å². The van der Waals surface area contributed by atoms with Crippen LogP contribution in [0.4, 0.5) is 5.69 Å². The van der Waals surface area contributed by atoms with Crippen molar-refractivity contribution in [1.29, 1.82) is 0 Å². The second-order valence-corrected chi connectivity index (χ2v) is 12.3. The van der Waals surface area contributed by atoms with Crippen molar-refractivity contribution < 1.29 is 26.4 Å². The van der Waals surface area contributed by atoms with Gasteiger partial charge in [-0.1, -0.05) is 29.8 Å². The number of hydrogen-bond donors (Lipinski definition) is 1. The molecule has 0 fully saturated rings. The van der Waals surface area contributed by atoms with E-state index in [1.807, 2.05) is 13.8 Å². The van der Waals surface area contributed by atoms with E-state index < -0.39 is 38.4 Å². The summed E-state index contributed by atoms with van der Waals surface area (Å²) in [6.45, 7) is 5.47. The van der Waals surface area contributed by atoms with Crippen LogP contribution < -0.4 is 14.4 Å². The molecule has 0 aliphatic carbocycles. The first-order valence-corrected chi connectivity index (χ1v) is 14.7. The average molecular weight is 531 g/mol. The number of amides is 1. The van der Waals surface area contributed by atoms with Crippen LogP contribution in [0.1, 0.15) is 31.0 Å². The van der Waals surface area contributed by atoms with Crippen LogP contribution in [0.3, 0.4) is 0 Å². The van der Waals surface area contributed by atoms with Gasteiger partial charge in [0.1, 0.15) is 12.3 Å². The Hall–Kier alpha value is -3.37. The first-order valence-electron chi connectivity index (χ1n) is 11.3. The lowest BCUT2D eigenvalue weighted by Gasteiger charge is -2.25. The highest BCUT2D eigenvalue weighted by Crippen LogP contribution is 2.26. The van der Waals surface area contributed by atoms with Crippen LogP contribution in [0.25, 0.3) is 0 Å². The zero-order valence-electron chi connectivity index (χ0n) is 20.6. The SMILES string of the molecule is CCOc1ccc(N(CC(=O)N[C@@H](C)c2ccc(S(C)(=O)=O)cc2)S(=O)(=O)c2ccc(C)cc2)cc1. The summed E-state index contributed by atoms with van der Waals surface area (Å²) in [4.78, 5) is 13.2. The number of hydrogen-bond acceptors (Lipinski definition) is 6. The molecule has 3 rings (SSSR count). The molecule has 192 valence electrons. The minimum absolute atomic E-state index is 0.0687. The summed E-state index contributed by atoms with van der Waals surface area (Å²) < 4.78 is 57.0. The normalized spacial score (nSPS) is 12.6. The monoisotopic (exact) mass is 530 g/mol. The maximum atomic E-state index is 13.5. The smallest absolute Gasteiger partial charge is 0.264 e. The van der Waals surface area contributed by atoms with Crippen LogP contribution in [0.15, 0.2) is 82.6 Å². The Morgan fingerprint density at radius 2 is 1.44 bits per heavy atom. The molecule has 3 aromatic carbocycles. The second kappa shape index (κ2) is 11.1. The number of benzene rings is 3. The molecule has 1 N–H and O–H groups in total. The molecular formula is C26H30N2O6S2. The molecule has 0 aromatic heterocycles. The fraction of sp³-hybridized carbons (Fsp3) is 0.269. The number of nitrogens with one attached hydrogen (secondary N) is 1. The Bertz CT molecular complexity index is 1400. The van der Waals surface area contributed by atoms with Crippen molar-refractivity contribution in [2.75, 3.05) is 23.7 Å². The van der Waals surface area contributed by atoms with Crippen LogP contribution in [-0.2, 0) is 24.7 Å². The third-order valence-electron chi connectivity index (χ3n) is 5.52. The van der Waals surface area contributed by atoms with Gasteiger partial charge in [-0.25, -0.2) is 16.8 Å². The van der Waals surface area contributed by atoms with Crippen molar-refractivity contribution in [3.8, 4) is 5.75 Å². The zero-order chi connectivity index (χ0) is 26.5. The molecule has 1 amide bonds. The Kier molecular flexibility index (Phi) is 8.42. The number of rotatable bonds is 10. The molecule has 0 radical (unpaired) electrons. The lowest BCUT2D eigenvalue weighted by Crippen LogP contribution is -2.41. The highest BCUT2D eigenvalue weighted by atomic mass is 32.2. The van der Waals surface area contributed by atoms with E-state index in [2.05, 4.69) is 5.32 Å². The lowest BCUT2D eigenvalue weighted by molar-refractivity contribution is -0.120. The minimum Gasteiger partial charge on any atom is -0.494 e. The summed E-state index contributed by atoms with van der Waals surface area (Å²) in [5.74, 6) is 0.0730. The molecule has 0 aliphatic rings. The van der Waals surface area contributed by atoms with Gasteiger partial charge in [0.15, 0.2) is 9.84 Å². The van der Waals surface area contributed by atoms with Gasteiger partial charge in [-0.3, -0.25) is 9.10 Å². The van der Waals surface area contributed by atoms with E-state index in [9.17, 15) is 21.6 Å². The number of carbonyl (C=O) groups excluding carboxylic acids is 1. The molecule has 8 nitrogen and oxygen atoms in total. The molecule has 1 atom stereocenters. The maximum absolute atomic E-state index is 13.5. The number of carbonyl (C=O) groups is 1. The molecule has 0 spiro atoms. The molecule has 0 aliphatic heterocycles. The van der Waals surface area contributed by atoms with E-state index in [-0.39, 0.29) is 9.79 Å². The van der Waals surface area contributed by atoms with Crippen molar-refractivity contribution in [2.45, 2.75) is 36.6 Å². The molecule has 3 aromatic rings. The summed E-state index contributed by atoms with van der Waals surface area (Å²) in [5.41, 5.74) is 1.92. The van der Waals surface area contributed by atoms with Crippen molar-refractivity contribution in [2.24, 2.45) is 0 Å². The van der Waals surface area contributed by atoms with Gasteiger partial charge in [0.25, 0.3) is 10.0 Å². The fourth-order valence-electron chi connectivity index (χ4n) is 3.53. The average Bonchev–Trinajstić information content (AvgIpc) is 2.83. The number of anilines is 1. The summed E-state index contributed by atoms with van der Waals surface area (Å²) in [7, 11) is -7.39. The number of aryl methyl sites for hydroxylation is 1. The van der Waals surface area contributed by atoms with Crippen molar-refractivity contribution in [3.63, 3.8) is 0 Å². The van der Waals surface area contributed by atoms with Gasteiger partial charge >= 0.3 is 0 Å². The largest absolute Gasteiger partial charge is 0.494 e. The molecule has 36 heavy (non-hydrogen) atoms. The van der Waals surface area contributed by atoms with E-state index in [0.717, 1.165) is 16.1 Å². The van der Waals surface area contributed by atoms with Crippen molar-refractivity contribution in [1.82, 2.24) is 5.32 Å². The summed E-state index contributed by atoms with van der Waals surface area (Å²) >= 11 is 0. The Labute approximate surface area is 212 Å². The van der Waals surface area contributed by atoms with Gasteiger partial charge < -0.3 is 10.1 Å². The molecule has 0 bridgehead atoms. The van der Waals surface area contributed by atoms with Crippen LogP contribution in [0, 0.1) is 6.92 Å². The first kappa shape index (κ1) is 27.2. The van der Waals surface area contributed by atoms with E-state index in [1.54, 1.807) is 55.5 Å². The molecule has 10 heteroatoms. The van der Waals surface area contributed by atoms with Crippen LogP contribution in [0.5, 0.6) is 5.75 Å². The van der Waals surface area contributed by atoms with Gasteiger partial charge in [0.05, 0.1) is 28.1 Å². The van der Waals surface area contributed by atoms with Crippen molar-refractivity contribution in [3.05, 3.63) is 83.9 Å². The molecule has 0 unspecified atom stereocenters. The summed E-state index contributed by atoms with van der Waals surface area (Å²) in [6, 6.07) is 18.6. The predicted molar refractivity (Wildman–Crippen MR) is 139 cm³/mol. The molecule has 0 saturated heterocycles. The van der Waals surface area contributed by atoms with E-state index >= 15 is 0 Å². The van der Waals surface area contributed by atoms with E-state index in [4.69, 9.17) is 4.74 Å². The number of nitrogens with zero attached hydrogens (tertiary/aromatic N) is 1. The predicted octanol–water partition coefficient (Wildman–Crippen LogP) is 3.87. The van der Waals surface area contributed by atoms with Gasteiger partial charge in [0.2, 0.25) is 5.91 Å². The molecule has 0 saturated carbocycles. The van der Waals surface area contributed by atoms with Gasteiger partial charge in [-0.05, 0) is 74.9 Å². The zero-order valence-corrected chi connectivity index (χ0v) is 22.3. The Morgan fingerprint density at radius 3 is 1.97 bits per heavy atom. The topological polar surface area (TPSA) is 110 Å².